The molecule has 30 heavy (non-hydrogen) atoms. The van der Waals surface area contributed by atoms with E-state index < -0.39 is 0 Å². The summed E-state index contributed by atoms with van der Waals surface area (Å²) in [7, 11) is 0. The van der Waals surface area contributed by atoms with Gasteiger partial charge in [-0.25, -0.2) is 0 Å². The van der Waals surface area contributed by atoms with Crippen molar-refractivity contribution in [3.8, 4) is 11.5 Å². The van der Waals surface area contributed by atoms with Crippen LogP contribution in [0.4, 0.5) is 5.69 Å². The van der Waals surface area contributed by atoms with Crippen LogP contribution in [0.1, 0.15) is 90.9 Å². The Bertz CT molecular complexity index is 604. The molecule has 1 unspecified atom stereocenters. The SMILES string of the molecule is CCCCCCCCC(CCCCCC)C(=O)Nc1cc(OC=O)cc(OC=O)c1. The van der Waals surface area contributed by atoms with Gasteiger partial charge in [-0.3, -0.25) is 14.4 Å². The van der Waals surface area contributed by atoms with Gasteiger partial charge in [0.25, 0.3) is 12.9 Å². The fourth-order valence-corrected chi connectivity index (χ4v) is 3.53. The molecule has 1 amide bonds. The number of benzene rings is 1. The van der Waals surface area contributed by atoms with Crippen LogP contribution in [0.2, 0.25) is 0 Å². The zero-order valence-electron chi connectivity index (χ0n) is 18.5. The molecule has 0 aliphatic carbocycles. The highest BCUT2D eigenvalue weighted by Crippen LogP contribution is 2.27. The molecule has 0 fully saturated rings. The van der Waals surface area contributed by atoms with Crippen LogP contribution in [0.15, 0.2) is 18.2 Å². The fraction of sp³-hybridized carbons (Fsp3) is 0.625. The van der Waals surface area contributed by atoms with Crippen LogP contribution in [0.25, 0.3) is 0 Å². The van der Waals surface area contributed by atoms with E-state index in [4.69, 9.17) is 9.47 Å². The summed E-state index contributed by atoms with van der Waals surface area (Å²) in [6, 6.07) is 4.50. The largest absolute Gasteiger partial charge is 0.429 e. The number of hydrogen-bond donors (Lipinski definition) is 1. The lowest BCUT2D eigenvalue weighted by atomic mass is 9.93. The Hall–Kier alpha value is -2.37. The highest BCUT2D eigenvalue weighted by Gasteiger charge is 2.19. The fourth-order valence-electron chi connectivity index (χ4n) is 3.53. The van der Waals surface area contributed by atoms with Crippen LogP contribution in [-0.4, -0.2) is 18.9 Å². The zero-order valence-corrected chi connectivity index (χ0v) is 18.5. The Morgan fingerprint density at radius 2 is 1.27 bits per heavy atom. The van der Waals surface area contributed by atoms with Crippen LogP contribution >= 0.6 is 0 Å². The number of hydrogen-bond acceptors (Lipinski definition) is 5. The molecule has 0 aliphatic heterocycles. The molecule has 1 aromatic rings. The van der Waals surface area contributed by atoms with E-state index in [1.54, 1.807) is 12.1 Å². The lowest BCUT2D eigenvalue weighted by molar-refractivity contribution is -0.121. The molecule has 6 nitrogen and oxygen atoms in total. The molecule has 0 aromatic heterocycles. The maximum absolute atomic E-state index is 12.9. The summed E-state index contributed by atoms with van der Waals surface area (Å²) in [5.41, 5.74) is 0.442. The van der Waals surface area contributed by atoms with Crippen molar-refractivity contribution in [1.82, 2.24) is 0 Å². The maximum Gasteiger partial charge on any atom is 0.298 e. The number of carbonyl (C=O) groups excluding carboxylic acids is 3. The van der Waals surface area contributed by atoms with E-state index in [9.17, 15) is 14.4 Å². The molecule has 0 aliphatic rings. The lowest BCUT2D eigenvalue weighted by Gasteiger charge is -2.17. The van der Waals surface area contributed by atoms with Gasteiger partial charge in [-0.05, 0) is 12.8 Å². The Kier molecular flexibility index (Phi) is 14.1. The van der Waals surface area contributed by atoms with Crippen LogP contribution < -0.4 is 14.8 Å². The molecular formula is C24H37NO5. The Balaban J connectivity index is 2.73. The van der Waals surface area contributed by atoms with Crippen molar-refractivity contribution in [3.05, 3.63) is 18.2 Å². The second-order valence-corrected chi connectivity index (χ2v) is 7.71. The molecular weight excluding hydrogens is 382 g/mol. The van der Waals surface area contributed by atoms with E-state index in [-0.39, 0.29) is 23.3 Å². The number of anilines is 1. The molecule has 0 spiro atoms. The predicted octanol–water partition coefficient (Wildman–Crippen LogP) is 6.03. The molecule has 6 heteroatoms. The molecule has 1 aromatic carbocycles. The van der Waals surface area contributed by atoms with E-state index >= 15 is 0 Å². The Labute approximate surface area is 180 Å². The topological polar surface area (TPSA) is 81.7 Å². The molecule has 1 rings (SSSR count). The number of carbonyl (C=O) groups is 3. The van der Waals surface area contributed by atoms with E-state index in [1.807, 2.05) is 0 Å². The van der Waals surface area contributed by atoms with Gasteiger partial charge in [-0.2, -0.15) is 0 Å². The Morgan fingerprint density at radius 1 is 0.800 bits per heavy atom. The van der Waals surface area contributed by atoms with Crippen LogP contribution in [-0.2, 0) is 14.4 Å². The standard InChI is InChI=1S/C24H37NO5/c1-3-5-7-9-10-12-14-20(13-11-8-6-4-2)24(28)25-21-15-22(29-18-26)17-23(16-21)30-19-27/h15-20H,3-14H2,1-2H3,(H,25,28). The average molecular weight is 420 g/mol. The molecule has 0 saturated heterocycles. The molecule has 0 radical (unpaired) electrons. The minimum atomic E-state index is -0.0564. The first kappa shape index (κ1) is 25.7. The van der Waals surface area contributed by atoms with Crippen molar-refractivity contribution < 1.29 is 23.9 Å². The van der Waals surface area contributed by atoms with E-state index in [2.05, 4.69) is 19.2 Å². The highest BCUT2D eigenvalue weighted by atomic mass is 16.5. The molecule has 1 N–H and O–H groups in total. The lowest BCUT2D eigenvalue weighted by Crippen LogP contribution is -2.23. The normalized spacial score (nSPS) is 11.5. The van der Waals surface area contributed by atoms with Gasteiger partial charge >= 0.3 is 0 Å². The summed E-state index contributed by atoms with van der Waals surface area (Å²) < 4.78 is 9.70. The van der Waals surface area contributed by atoms with Gasteiger partial charge in [-0.15, -0.1) is 0 Å². The van der Waals surface area contributed by atoms with Crippen molar-refractivity contribution in [2.75, 3.05) is 5.32 Å². The number of ether oxygens (including phenoxy) is 2. The summed E-state index contributed by atoms with van der Waals surface area (Å²) in [4.78, 5) is 34.2. The third-order valence-corrected chi connectivity index (χ3v) is 5.20. The monoisotopic (exact) mass is 419 g/mol. The van der Waals surface area contributed by atoms with E-state index in [1.165, 1.54) is 38.2 Å². The quantitative estimate of drug-likeness (QED) is 0.232. The van der Waals surface area contributed by atoms with Crippen LogP contribution in [0.3, 0.4) is 0 Å². The predicted molar refractivity (Wildman–Crippen MR) is 119 cm³/mol. The van der Waals surface area contributed by atoms with Crippen molar-refractivity contribution in [3.63, 3.8) is 0 Å². The number of amides is 1. The van der Waals surface area contributed by atoms with E-state index in [0.29, 0.717) is 18.6 Å². The van der Waals surface area contributed by atoms with Gasteiger partial charge in [0.1, 0.15) is 11.5 Å². The van der Waals surface area contributed by atoms with Crippen molar-refractivity contribution in [2.45, 2.75) is 90.9 Å². The highest BCUT2D eigenvalue weighted by molar-refractivity contribution is 5.93. The molecule has 0 saturated carbocycles. The summed E-state index contributed by atoms with van der Waals surface area (Å²) in [5.74, 6) is 0.310. The van der Waals surface area contributed by atoms with Crippen molar-refractivity contribution in [2.24, 2.45) is 5.92 Å². The van der Waals surface area contributed by atoms with Gasteiger partial charge in [0, 0.05) is 29.8 Å². The first-order chi connectivity index (χ1) is 14.6. The third kappa shape index (κ3) is 11.0. The molecule has 0 heterocycles. The Morgan fingerprint density at radius 3 is 1.77 bits per heavy atom. The van der Waals surface area contributed by atoms with Crippen LogP contribution in [0.5, 0.6) is 11.5 Å². The molecule has 168 valence electrons. The molecule has 0 bridgehead atoms. The first-order valence-electron chi connectivity index (χ1n) is 11.3. The minimum Gasteiger partial charge on any atom is -0.429 e. The smallest absolute Gasteiger partial charge is 0.298 e. The second kappa shape index (κ2) is 16.4. The summed E-state index contributed by atoms with van der Waals surface area (Å²) in [6.07, 6.45) is 13.4. The van der Waals surface area contributed by atoms with Crippen LogP contribution in [0, 0.1) is 5.92 Å². The number of unbranched alkanes of at least 4 members (excludes halogenated alkanes) is 8. The minimum absolute atomic E-state index is 0.0413. The molecule has 1 atom stereocenters. The maximum atomic E-state index is 12.9. The summed E-state index contributed by atoms with van der Waals surface area (Å²) >= 11 is 0. The third-order valence-electron chi connectivity index (χ3n) is 5.20. The number of rotatable bonds is 18. The van der Waals surface area contributed by atoms with Crippen molar-refractivity contribution in [1.29, 1.82) is 0 Å². The first-order valence-corrected chi connectivity index (χ1v) is 11.3. The average Bonchev–Trinajstić information content (AvgIpc) is 2.72. The summed E-state index contributed by atoms with van der Waals surface area (Å²) in [5, 5.41) is 2.91. The van der Waals surface area contributed by atoms with Gasteiger partial charge in [0.05, 0.1) is 0 Å². The van der Waals surface area contributed by atoms with Gasteiger partial charge in [0.2, 0.25) is 5.91 Å². The van der Waals surface area contributed by atoms with Gasteiger partial charge in [0.15, 0.2) is 0 Å². The zero-order chi connectivity index (χ0) is 22.0. The summed E-state index contributed by atoms with van der Waals surface area (Å²) in [6.45, 7) is 4.96. The van der Waals surface area contributed by atoms with Crippen molar-refractivity contribution >= 4 is 24.5 Å². The van der Waals surface area contributed by atoms with E-state index in [0.717, 1.165) is 44.9 Å². The van der Waals surface area contributed by atoms with Gasteiger partial charge in [-0.1, -0.05) is 78.1 Å². The number of nitrogens with one attached hydrogen (secondary N) is 1. The second-order valence-electron chi connectivity index (χ2n) is 7.71. The van der Waals surface area contributed by atoms with Gasteiger partial charge < -0.3 is 14.8 Å².